The molecule has 4 nitrogen and oxygen atoms in total. The van der Waals surface area contributed by atoms with E-state index in [4.69, 9.17) is 39.5 Å². The average Bonchev–Trinajstić information content (AvgIpc) is 2.54. The number of hydrogen-bond donors (Lipinski definition) is 1. The van der Waals surface area contributed by atoms with Crippen molar-refractivity contribution in [3.05, 3.63) is 69.2 Å². The first-order chi connectivity index (χ1) is 11.4. The zero-order valence-corrected chi connectivity index (χ0v) is 14.5. The summed E-state index contributed by atoms with van der Waals surface area (Å²) in [6, 6.07) is 11.6. The van der Waals surface area contributed by atoms with E-state index < -0.39 is 18.5 Å². The maximum Gasteiger partial charge on any atom is 0.331 e. The molecule has 124 valence electrons. The van der Waals surface area contributed by atoms with Crippen LogP contribution in [0, 0.1) is 0 Å². The van der Waals surface area contributed by atoms with Crippen molar-refractivity contribution >= 4 is 58.4 Å². The van der Waals surface area contributed by atoms with Crippen molar-refractivity contribution in [1.82, 2.24) is 0 Å². The van der Waals surface area contributed by atoms with E-state index in [-0.39, 0.29) is 0 Å². The van der Waals surface area contributed by atoms with Crippen LogP contribution < -0.4 is 5.32 Å². The van der Waals surface area contributed by atoms with Gasteiger partial charge in [0.2, 0.25) is 0 Å². The number of ether oxygens (including phenoxy) is 1. The number of halogens is 3. The lowest BCUT2D eigenvalue weighted by atomic mass is 10.2. The van der Waals surface area contributed by atoms with Crippen LogP contribution in [0.25, 0.3) is 6.08 Å². The SMILES string of the molecule is O=C(COC(=O)/C=C/c1cccc(Cl)c1)Nc1ccc(Cl)cc1Cl. The van der Waals surface area contributed by atoms with Crippen molar-refractivity contribution in [3.8, 4) is 0 Å². The summed E-state index contributed by atoms with van der Waals surface area (Å²) in [5, 5.41) is 3.83. The number of carbonyl (C=O) groups is 2. The van der Waals surface area contributed by atoms with Gasteiger partial charge in [-0.3, -0.25) is 4.79 Å². The molecule has 2 aromatic rings. The van der Waals surface area contributed by atoms with E-state index in [1.165, 1.54) is 12.1 Å². The summed E-state index contributed by atoms with van der Waals surface area (Å²) < 4.78 is 4.85. The molecule has 0 unspecified atom stereocenters. The number of nitrogens with one attached hydrogen (secondary N) is 1. The van der Waals surface area contributed by atoms with E-state index in [0.717, 1.165) is 5.56 Å². The second-order valence-corrected chi connectivity index (χ2v) is 5.95. The molecular weight excluding hydrogens is 373 g/mol. The lowest BCUT2D eigenvalue weighted by Crippen LogP contribution is -2.20. The van der Waals surface area contributed by atoms with E-state index in [0.29, 0.717) is 20.8 Å². The topological polar surface area (TPSA) is 55.4 Å². The van der Waals surface area contributed by atoms with Gasteiger partial charge in [-0.2, -0.15) is 0 Å². The van der Waals surface area contributed by atoms with Gasteiger partial charge in [-0.05, 0) is 42.0 Å². The number of rotatable bonds is 5. The molecule has 0 aromatic heterocycles. The summed E-state index contributed by atoms with van der Waals surface area (Å²) in [5.41, 5.74) is 1.13. The second kappa shape index (κ2) is 8.73. The Hall–Kier alpha value is -2.01. The first kappa shape index (κ1) is 18.3. The van der Waals surface area contributed by atoms with Crippen molar-refractivity contribution in [2.75, 3.05) is 11.9 Å². The molecule has 0 spiro atoms. The van der Waals surface area contributed by atoms with Crippen LogP contribution in [0.5, 0.6) is 0 Å². The van der Waals surface area contributed by atoms with E-state index in [1.54, 1.807) is 42.5 Å². The molecule has 2 rings (SSSR count). The summed E-state index contributed by atoms with van der Waals surface area (Å²) in [4.78, 5) is 23.4. The molecule has 7 heteroatoms. The van der Waals surface area contributed by atoms with Crippen molar-refractivity contribution < 1.29 is 14.3 Å². The standard InChI is InChI=1S/C17H12Cl3NO3/c18-12-3-1-2-11(8-12)4-7-17(23)24-10-16(22)21-15-6-5-13(19)9-14(15)20/h1-9H,10H2,(H,21,22)/b7-4+. The third kappa shape index (κ3) is 5.89. The van der Waals surface area contributed by atoms with E-state index in [9.17, 15) is 9.59 Å². The Morgan fingerprint density at radius 1 is 1.04 bits per heavy atom. The van der Waals surface area contributed by atoms with Crippen molar-refractivity contribution in [2.45, 2.75) is 0 Å². The maximum absolute atomic E-state index is 11.8. The largest absolute Gasteiger partial charge is 0.452 e. The van der Waals surface area contributed by atoms with E-state index in [2.05, 4.69) is 5.32 Å². The molecule has 0 aliphatic rings. The molecule has 0 bridgehead atoms. The average molecular weight is 385 g/mol. The van der Waals surface area contributed by atoms with Gasteiger partial charge in [0.05, 0.1) is 10.7 Å². The van der Waals surface area contributed by atoms with Crippen LogP contribution >= 0.6 is 34.8 Å². The normalized spacial score (nSPS) is 10.6. The zero-order chi connectivity index (χ0) is 17.5. The van der Waals surface area contributed by atoms with Gasteiger partial charge >= 0.3 is 5.97 Å². The lowest BCUT2D eigenvalue weighted by Gasteiger charge is -2.07. The van der Waals surface area contributed by atoms with Gasteiger partial charge in [0.25, 0.3) is 5.91 Å². The molecule has 0 saturated carbocycles. The van der Waals surface area contributed by atoms with Gasteiger partial charge in [0.1, 0.15) is 0 Å². The fourth-order valence-electron chi connectivity index (χ4n) is 1.74. The molecule has 0 aliphatic carbocycles. The summed E-state index contributed by atoms with van der Waals surface area (Å²) in [6.45, 7) is -0.433. The van der Waals surface area contributed by atoms with Crippen LogP contribution in [0.15, 0.2) is 48.5 Å². The molecule has 0 aliphatic heterocycles. The van der Waals surface area contributed by atoms with Crippen molar-refractivity contribution in [3.63, 3.8) is 0 Å². The molecule has 0 heterocycles. The van der Waals surface area contributed by atoms with E-state index >= 15 is 0 Å². The molecule has 24 heavy (non-hydrogen) atoms. The fraction of sp³-hybridized carbons (Fsp3) is 0.0588. The van der Waals surface area contributed by atoms with Crippen LogP contribution in [0.2, 0.25) is 15.1 Å². The first-order valence-corrected chi connectivity index (χ1v) is 7.93. The molecule has 0 fully saturated rings. The minimum absolute atomic E-state index is 0.294. The monoisotopic (exact) mass is 383 g/mol. The highest BCUT2D eigenvalue weighted by molar-refractivity contribution is 6.36. The Kier molecular flexibility index (Phi) is 6.67. The number of esters is 1. The van der Waals surface area contributed by atoms with Crippen LogP contribution in [0.3, 0.4) is 0 Å². The summed E-state index contributed by atoms with van der Waals surface area (Å²) in [7, 11) is 0. The van der Waals surface area contributed by atoms with Crippen LogP contribution in [-0.2, 0) is 14.3 Å². The Morgan fingerprint density at radius 2 is 1.79 bits per heavy atom. The molecule has 2 aromatic carbocycles. The van der Waals surface area contributed by atoms with Crippen LogP contribution in [-0.4, -0.2) is 18.5 Å². The number of hydrogen-bond acceptors (Lipinski definition) is 3. The maximum atomic E-state index is 11.8. The number of benzene rings is 2. The summed E-state index contributed by atoms with van der Waals surface area (Å²) in [6.07, 6.45) is 2.76. The zero-order valence-electron chi connectivity index (χ0n) is 12.3. The highest BCUT2D eigenvalue weighted by atomic mass is 35.5. The van der Waals surface area contributed by atoms with Gasteiger partial charge in [-0.1, -0.05) is 46.9 Å². The minimum atomic E-state index is -0.646. The summed E-state index contributed by atoms with van der Waals surface area (Å²) in [5.74, 6) is -1.16. The van der Waals surface area contributed by atoms with Gasteiger partial charge < -0.3 is 10.1 Å². The van der Waals surface area contributed by atoms with Gasteiger partial charge in [-0.25, -0.2) is 4.79 Å². The van der Waals surface area contributed by atoms with Crippen molar-refractivity contribution in [2.24, 2.45) is 0 Å². The Labute approximate surface area is 154 Å². The number of amides is 1. The van der Waals surface area contributed by atoms with Crippen LogP contribution in [0.1, 0.15) is 5.56 Å². The van der Waals surface area contributed by atoms with E-state index in [1.807, 2.05) is 0 Å². The first-order valence-electron chi connectivity index (χ1n) is 6.79. The molecule has 0 radical (unpaired) electrons. The smallest absolute Gasteiger partial charge is 0.331 e. The predicted molar refractivity (Wildman–Crippen MR) is 96.5 cm³/mol. The number of carbonyl (C=O) groups excluding carboxylic acids is 2. The third-order valence-corrected chi connectivity index (χ3v) is 3.59. The predicted octanol–water partition coefficient (Wildman–Crippen LogP) is 4.84. The molecule has 1 amide bonds. The third-order valence-electron chi connectivity index (χ3n) is 2.81. The Morgan fingerprint density at radius 3 is 2.50 bits per heavy atom. The Balaban J connectivity index is 1.83. The lowest BCUT2D eigenvalue weighted by molar-refractivity contribution is -0.142. The van der Waals surface area contributed by atoms with Crippen LogP contribution in [0.4, 0.5) is 5.69 Å². The molecule has 0 atom stereocenters. The number of anilines is 1. The second-order valence-electron chi connectivity index (χ2n) is 4.67. The Bertz CT molecular complexity index is 790. The highest BCUT2D eigenvalue weighted by Gasteiger charge is 2.08. The molecule has 0 saturated heterocycles. The minimum Gasteiger partial charge on any atom is -0.452 e. The highest BCUT2D eigenvalue weighted by Crippen LogP contribution is 2.25. The summed E-state index contributed by atoms with van der Waals surface area (Å²) >= 11 is 17.5. The van der Waals surface area contributed by atoms with Crippen molar-refractivity contribution in [1.29, 1.82) is 0 Å². The van der Waals surface area contributed by atoms with Gasteiger partial charge in [0.15, 0.2) is 6.61 Å². The molecule has 1 N–H and O–H groups in total. The fourth-order valence-corrected chi connectivity index (χ4v) is 2.39. The quantitative estimate of drug-likeness (QED) is 0.592. The van der Waals surface area contributed by atoms with Gasteiger partial charge in [-0.15, -0.1) is 0 Å². The molecular formula is C17H12Cl3NO3. The van der Waals surface area contributed by atoms with Gasteiger partial charge in [0, 0.05) is 16.1 Å².